The number of hydrogen-bond acceptors (Lipinski definition) is 5. The third kappa shape index (κ3) is 37.1. The summed E-state index contributed by atoms with van der Waals surface area (Å²) in [5.41, 5.74) is 0. The largest absolute Gasteiger partial charge is 0.462 e. The van der Waals surface area contributed by atoms with E-state index in [1.165, 1.54) is 135 Å². The molecule has 0 aromatic heterocycles. The van der Waals surface area contributed by atoms with Crippen LogP contribution in [0.5, 0.6) is 0 Å². The molecule has 3 unspecified atom stereocenters. The van der Waals surface area contributed by atoms with Gasteiger partial charge in [0.1, 0.15) is 6.10 Å². The first-order valence-corrected chi connectivity index (χ1v) is 23.1. The van der Waals surface area contributed by atoms with Gasteiger partial charge in [-0.15, -0.1) is 0 Å². The van der Waals surface area contributed by atoms with Crippen LogP contribution < -0.4 is 5.32 Å². The molecule has 0 saturated heterocycles. The van der Waals surface area contributed by atoms with Crippen molar-refractivity contribution in [3.05, 3.63) is 24.3 Å². The molecule has 0 bridgehead atoms. The first-order chi connectivity index (χ1) is 26.0. The Hall–Kier alpha value is -1.66. The van der Waals surface area contributed by atoms with E-state index in [9.17, 15) is 19.8 Å². The van der Waals surface area contributed by atoms with Crippen molar-refractivity contribution in [1.82, 2.24) is 5.32 Å². The van der Waals surface area contributed by atoms with Crippen LogP contribution in [0.25, 0.3) is 0 Å². The minimum Gasteiger partial charge on any atom is -0.462 e. The Morgan fingerprint density at radius 2 is 0.943 bits per heavy atom. The lowest BCUT2D eigenvalue weighted by Gasteiger charge is -2.24. The SMILES string of the molecule is CCCCC/C=C/C=C/CCCCCCCCC(=O)OC(CCCCCCCCCCCC)CC(=O)NC(CO)C(O)CCCCCCCCCCC. The average Bonchev–Trinajstić information content (AvgIpc) is 3.15. The van der Waals surface area contributed by atoms with Crippen molar-refractivity contribution in [3.63, 3.8) is 0 Å². The Labute approximate surface area is 329 Å². The lowest BCUT2D eigenvalue weighted by atomic mass is 10.0. The Bertz CT molecular complexity index is 843. The van der Waals surface area contributed by atoms with Crippen molar-refractivity contribution in [2.24, 2.45) is 0 Å². The normalized spacial score (nSPS) is 13.5. The lowest BCUT2D eigenvalue weighted by Crippen LogP contribution is -2.46. The van der Waals surface area contributed by atoms with E-state index in [2.05, 4.69) is 50.4 Å². The van der Waals surface area contributed by atoms with Gasteiger partial charge < -0.3 is 20.3 Å². The van der Waals surface area contributed by atoms with Crippen molar-refractivity contribution in [1.29, 1.82) is 0 Å². The number of rotatable bonds is 41. The number of nitrogens with one attached hydrogen (secondary N) is 1. The molecule has 3 atom stereocenters. The molecule has 312 valence electrons. The summed E-state index contributed by atoms with van der Waals surface area (Å²) in [5, 5.41) is 23.6. The molecule has 0 fully saturated rings. The van der Waals surface area contributed by atoms with Crippen LogP contribution in [0.3, 0.4) is 0 Å². The molecule has 53 heavy (non-hydrogen) atoms. The molecule has 0 aliphatic heterocycles. The van der Waals surface area contributed by atoms with Gasteiger partial charge in [0.15, 0.2) is 0 Å². The molecule has 0 saturated carbocycles. The van der Waals surface area contributed by atoms with Crippen LogP contribution in [0.4, 0.5) is 0 Å². The molecule has 0 aliphatic rings. The zero-order valence-electron chi connectivity index (χ0n) is 35.4. The minimum atomic E-state index is -0.782. The Balaban J connectivity index is 4.55. The van der Waals surface area contributed by atoms with Crippen molar-refractivity contribution < 1.29 is 24.5 Å². The van der Waals surface area contributed by atoms with Gasteiger partial charge in [-0.25, -0.2) is 0 Å². The summed E-state index contributed by atoms with van der Waals surface area (Å²) >= 11 is 0. The van der Waals surface area contributed by atoms with Gasteiger partial charge in [-0.3, -0.25) is 9.59 Å². The fourth-order valence-corrected chi connectivity index (χ4v) is 7.01. The topological polar surface area (TPSA) is 95.9 Å². The Morgan fingerprint density at radius 3 is 1.43 bits per heavy atom. The number of hydrogen-bond donors (Lipinski definition) is 3. The van der Waals surface area contributed by atoms with Crippen LogP contribution in [0.1, 0.15) is 239 Å². The zero-order chi connectivity index (χ0) is 38.9. The predicted octanol–water partition coefficient (Wildman–Crippen LogP) is 13.2. The summed E-state index contributed by atoms with van der Waals surface area (Å²) in [6.45, 7) is 6.42. The smallest absolute Gasteiger partial charge is 0.306 e. The van der Waals surface area contributed by atoms with E-state index < -0.39 is 18.2 Å². The number of ether oxygens (including phenoxy) is 1. The molecular formula is C47H89NO5. The molecule has 0 aromatic carbocycles. The monoisotopic (exact) mass is 748 g/mol. The first-order valence-electron chi connectivity index (χ1n) is 23.1. The molecule has 0 aromatic rings. The standard InChI is InChI=1S/C47H89NO5/c1-4-7-10-13-16-19-21-22-23-24-25-28-31-34-37-40-47(52)53-43(38-35-32-29-27-20-17-14-11-8-5-2)41-46(51)48-44(42-49)45(50)39-36-33-30-26-18-15-12-9-6-3/h16,19,21-22,43-45,49-50H,4-15,17-18,20,23-42H2,1-3H3,(H,48,51)/b19-16+,22-21+. The summed E-state index contributed by atoms with van der Waals surface area (Å²) in [5.74, 6) is -0.482. The molecular weight excluding hydrogens is 659 g/mol. The summed E-state index contributed by atoms with van der Waals surface area (Å²) in [6, 6.07) is -0.696. The van der Waals surface area contributed by atoms with E-state index in [1.807, 2.05) is 0 Å². The third-order valence-corrected chi connectivity index (χ3v) is 10.6. The summed E-state index contributed by atoms with van der Waals surface area (Å²) in [6.07, 6.45) is 45.2. The molecule has 0 rings (SSSR count). The molecule has 0 spiro atoms. The first kappa shape index (κ1) is 51.3. The molecule has 6 nitrogen and oxygen atoms in total. The van der Waals surface area contributed by atoms with Crippen molar-refractivity contribution in [2.45, 2.75) is 257 Å². The van der Waals surface area contributed by atoms with E-state index in [0.29, 0.717) is 19.3 Å². The van der Waals surface area contributed by atoms with Gasteiger partial charge in [0.25, 0.3) is 0 Å². The van der Waals surface area contributed by atoms with Crippen LogP contribution in [0.2, 0.25) is 0 Å². The Morgan fingerprint density at radius 1 is 0.547 bits per heavy atom. The van der Waals surface area contributed by atoms with E-state index >= 15 is 0 Å². The molecule has 0 aliphatic carbocycles. The number of allylic oxidation sites excluding steroid dienone is 4. The van der Waals surface area contributed by atoms with Crippen LogP contribution >= 0.6 is 0 Å². The number of unbranched alkanes of at least 4 members (excludes halogenated alkanes) is 26. The van der Waals surface area contributed by atoms with Crippen LogP contribution in [-0.2, 0) is 14.3 Å². The van der Waals surface area contributed by atoms with Crippen molar-refractivity contribution >= 4 is 11.9 Å². The number of aliphatic hydroxyl groups excluding tert-OH is 2. The average molecular weight is 748 g/mol. The van der Waals surface area contributed by atoms with Gasteiger partial charge in [0.05, 0.1) is 25.2 Å². The second-order valence-corrected chi connectivity index (χ2v) is 15.8. The van der Waals surface area contributed by atoms with Gasteiger partial charge in [-0.05, 0) is 51.4 Å². The third-order valence-electron chi connectivity index (χ3n) is 10.6. The van der Waals surface area contributed by atoms with E-state index in [-0.39, 0.29) is 24.9 Å². The van der Waals surface area contributed by atoms with Gasteiger partial charge in [-0.2, -0.15) is 0 Å². The number of amides is 1. The Kier molecular flexibility index (Phi) is 40.2. The second-order valence-electron chi connectivity index (χ2n) is 15.8. The highest BCUT2D eigenvalue weighted by Crippen LogP contribution is 2.18. The zero-order valence-corrected chi connectivity index (χ0v) is 35.4. The predicted molar refractivity (Wildman–Crippen MR) is 227 cm³/mol. The lowest BCUT2D eigenvalue weighted by molar-refractivity contribution is -0.151. The van der Waals surface area contributed by atoms with E-state index in [0.717, 1.165) is 57.8 Å². The highest BCUT2D eigenvalue weighted by molar-refractivity contribution is 5.77. The number of aliphatic hydroxyl groups is 2. The van der Waals surface area contributed by atoms with Gasteiger partial charge >= 0.3 is 5.97 Å². The maximum absolute atomic E-state index is 13.1. The second kappa shape index (κ2) is 41.5. The van der Waals surface area contributed by atoms with Crippen LogP contribution in [-0.4, -0.2) is 46.9 Å². The van der Waals surface area contributed by atoms with Crippen LogP contribution in [0.15, 0.2) is 24.3 Å². The maximum Gasteiger partial charge on any atom is 0.306 e. The fraction of sp³-hybridized carbons (Fsp3) is 0.872. The minimum absolute atomic E-state index is 0.0769. The highest BCUT2D eigenvalue weighted by atomic mass is 16.5. The molecule has 6 heteroatoms. The maximum atomic E-state index is 13.1. The van der Waals surface area contributed by atoms with Gasteiger partial charge in [0.2, 0.25) is 5.91 Å². The molecule has 3 N–H and O–H groups in total. The number of carbonyl (C=O) groups excluding carboxylic acids is 2. The quantitative estimate of drug-likeness (QED) is 0.0329. The van der Waals surface area contributed by atoms with Crippen LogP contribution in [0, 0.1) is 0 Å². The van der Waals surface area contributed by atoms with Crippen molar-refractivity contribution in [2.75, 3.05) is 6.61 Å². The van der Waals surface area contributed by atoms with E-state index in [1.54, 1.807) is 0 Å². The summed E-state index contributed by atoms with van der Waals surface area (Å²) < 4.78 is 5.89. The number of carbonyl (C=O) groups is 2. The summed E-state index contributed by atoms with van der Waals surface area (Å²) in [4.78, 5) is 25.9. The van der Waals surface area contributed by atoms with Gasteiger partial charge in [0, 0.05) is 6.42 Å². The molecule has 0 radical (unpaired) electrons. The van der Waals surface area contributed by atoms with Gasteiger partial charge in [-0.1, -0.05) is 199 Å². The fourth-order valence-electron chi connectivity index (χ4n) is 7.01. The van der Waals surface area contributed by atoms with Crippen molar-refractivity contribution in [3.8, 4) is 0 Å². The van der Waals surface area contributed by atoms with E-state index in [4.69, 9.17) is 4.74 Å². The highest BCUT2D eigenvalue weighted by Gasteiger charge is 2.24. The number of esters is 1. The molecule has 1 amide bonds. The molecule has 0 heterocycles. The summed E-state index contributed by atoms with van der Waals surface area (Å²) in [7, 11) is 0.